The number of hydrogen-bond donors (Lipinski definition) is 0. The second kappa shape index (κ2) is 4.14. The Morgan fingerprint density at radius 2 is 2.44 bits per heavy atom. The third-order valence-electron chi connectivity index (χ3n) is 2.02. The number of benzene rings is 1. The molecular weight excluding hydrogens is 211 g/mol. The molecular formula is C11H8FN2O2. The fourth-order valence-corrected chi connectivity index (χ4v) is 1.26. The van der Waals surface area contributed by atoms with Crippen molar-refractivity contribution in [1.82, 2.24) is 9.78 Å². The molecule has 1 aromatic heterocycles. The normalized spacial score (nSPS) is 10.1. The molecule has 0 aliphatic heterocycles. The molecule has 0 bridgehead atoms. The van der Waals surface area contributed by atoms with Crippen LogP contribution in [-0.2, 0) is 4.74 Å². The molecule has 0 aliphatic carbocycles. The highest BCUT2D eigenvalue weighted by Gasteiger charge is 2.09. The first-order valence-electron chi connectivity index (χ1n) is 4.51. The van der Waals surface area contributed by atoms with Gasteiger partial charge in [-0.1, -0.05) is 0 Å². The molecule has 1 radical (unpaired) electrons. The Labute approximate surface area is 91.3 Å². The number of carbonyl (C=O) groups excluding carboxylic acids is 1. The highest BCUT2D eigenvalue weighted by molar-refractivity contribution is 5.88. The van der Waals surface area contributed by atoms with Crippen molar-refractivity contribution in [2.75, 3.05) is 7.11 Å². The standard InChI is InChI=1S/C11H8FN2O2/c1-16-11(15)8-6-13-14(7-8)10-4-2-3-9(12)5-10/h2,4-7H,1H3. The molecule has 0 saturated heterocycles. The van der Waals surface area contributed by atoms with E-state index in [0.29, 0.717) is 11.3 Å². The minimum absolute atomic E-state index is 0.316. The summed E-state index contributed by atoms with van der Waals surface area (Å²) in [6.45, 7) is 0. The molecule has 0 atom stereocenters. The van der Waals surface area contributed by atoms with Crippen molar-refractivity contribution < 1.29 is 13.9 Å². The Morgan fingerprint density at radius 3 is 3.12 bits per heavy atom. The van der Waals surface area contributed by atoms with Crippen LogP contribution in [0.4, 0.5) is 4.39 Å². The van der Waals surface area contributed by atoms with E-state index in [1.54, 1.807) is 6.07 Å². The van der Waals surface area contributed by atoms with E-state index in [0.717, 1.165) is 0 Å². The second-order valence-electron chi connectivity index (χ2n) is 3.06. The van der Waals surface area contributed by atoms with Gasteiger partial charge >= 0.3 is 5.97 Å². The van der Waals surface area contributed by atoms with Crippen molar-refractivity contribution in [3.05, 3.63) is 48.0 Å². The van der Waals surface area contributed by atoms with E-state index in [-0.39, 0.29) is 0 Å². The van der Waals surface area contributed by atoms with Crippen LogP contribution in [0, 0.1) is 11.9 Å². The number of halogens is 1. The monoisotopic (exact) mass is 219 g/mol. The lowest BCUT2D eigenvalue weighted by molar-refractivity contribution is 0.0600. The number of hydrogen-bond acceptors (Lipinski definition) is 3. The summed E-state index contributed by atoms with van der Waals surface area (Å²) in [6, 6.07) is 6.74. The van der Waals surface area contributed by atoms with E-state index in [1.165, 1.54) is 36.3 Å². The minimum Gasteiger partial charge on any atom is -0.465 e. The average molecular weight is 219 g/mol. The summed E-state index contributed by atoms with van der Waals surface area (Å²) in [6.07, 6.45) is 2.83. The Bertz CT molecular complexity index is 522. The molecule has 0 N–H and O–H groups in total. The quantitative estimate of drug-likeness (QED) is 0.720. The molecule has 5 heteroatoms. The van der Waals surface area contributed by atoms with Crippen LogP contribution in [0.25, 0.3) is 5.69 Å². The molecule has 2 aromatic rings. The molecule has 81 valence electrons. The molecule has 0 amide bonds. The molecule has 2 rings (SSSR count). The number of ether oxygens (including phenoxy) is 1. The summed E-state index contributed by atoms with van der Waals surface area (Å²) in [5, 5.41) is 3.93. The largest absolute Gasteiger partial charge is 0.465 e. The number of carbonyl (C=O) groups is 1. The molecule has 4 nitrogen and oxygen atoms in total. The summed E-state index contributed by atoms with van der Waals surface area (Å²) in [5.74, 6) is -0.957. The zero-order chi connectivity index (χ0) is 11.5. The molecule has 1 aromatic carbocycles. The highest BCUT2D eigenvalue weighted by atomic mass is 19.1. The number of rotatable bonds is 2. The van der Waals surface area contributed by atoms with Crippen LogP contribution < -0.4 is 0 Å². The lowest BCUT2D eigenvalue weighted by Crippen LogP contribution is -1.99. The lowest BCUT2D eigenvalue weighted by atomic mass is 10.3. The predicted octanol–water partition coefficient (Wildman–Crippen LogP) is 1.60. The average Bonchev–Trinajstić information content (AvgIpc) is 2.77. The molecule has 16 heavy (non-hydrogen) atoms. The minimum atomic E-state index is -0.479. The zero-order valence-electron chi connectivity index (χ0n) is 8.48. The van der Waals surface area contributed by atoms with Crippen LogP contribution in [0.15, 0.2) is 30.6 Å². The molecule has 1 heterocycles. The van der Waals surface area contributed by atoms with Gasteiger partial charge in [0, 0.05) is 18.3 Å². The topological polar surface area (TPSA) is 44.1 Å². The lowest BCUT2D eigenvalue weighted by Gasteiger charge is -1.99. The summed E-state index contributed by atoms with van der Waals surface area (Å²) >= 11 is 0. The van der Waals surface area contributed by atoms with Crippen LogP contribution in [-0.4, -0.2) is 22.9 Å². The summed E-state index contributed by atoms with van der Waals surface area (Å²) < 4.78 is 18.8. The van der Waals surface area contributed by atoms with Gasteiger partial charge in [-0.3, -0.25) is 0 Å². The highest BCUT2D eigenvalue weighted by Crippen LogP contribution is 2.10. The van der Waals surface area contributed by atoms with E-state index in [2.05, 4.69) is 15.9 Å². The summed E-state index contributed by atoms with van der Waals surface area (Å²) in [5.41, 5.74) is 0.835. The van der Waals surface area contributed by atoms with Crippen molar-refractivity contribution in [2.24, 2.45) is 0 Å². The fourth-order valence-electron chi connectivity index (χ4n) is 1.26. The number of methoxy groups -OCH3 is 1. The number of esters is 1. The van der Waals surface area contributed by atoms with Crippen molar-refractivity contribution in [2.45, 2.75) is 0 Å². The first kappa shape index (κ1) is 10.4. The van der Waals surface area contributed by atoms with Crippen molar-refractivity contribution in [1.29, 1.82) is 0 Å². The Morgan fingerprint density at radius 1 is 1.62 bits per heavy atom. The third kappa shape index (κ3) is 1.93. The van der Waals surface area contributed by atoms with Gasteiger partial charge in [-0.2, -0.15) is 5.10 Å². The van der Waals surface area contributed by atoms with E-state index >= 15 is 0 Å². The second-order valence-corrected chi connectivity index (χ2v) is 3.06. The Kier molecular flexibility index (Phi) is 2.68. The number of aromatic nitrogens is 2. The van der Waals surface area contributed by atoms with Gasteiger partial charge in [-0.25, -0.2) is 13.9 Å². The van der Waals surface area contributed by atoms with Gasteiger partial charge in [-0.05, 0) is 12.1 Å². The van der Waals surface area contributed by atoms with Gasteiger partial charge in [0.1, 0.15) is 5.82 Å². The van der Waals surface area contributed by atoms with E-state index in [9.17, 15) is 9.18 Å². The van der Waals surface area contributed by atoms with E-state index in [1.807, 2.05) is 0 Å². The number of nitrogens with zero attached hydrogens (tertiary/aromatic N) is 2. The summed E-state index contributed by atoms with van der Waals surface area (Å²) in [7, 11) is 1.29. The SMILES string of the molecule is COC(=O)c1cnn(-c2cc[c]c(F)c2)c1. The molecule has 0 fully saturated rings. The van der Waals surface area contributed by atoms with Gasteiger partial charge in [0.25, 0.3) is 0 Å². The van der Waals surface area contributed by atoms with Crippen LogP contribution in [0.3, 0.4) is 0 Å². The predicted molar refractivity (Wildman–Crippen MR) is 53.7 cm³/mol. The van der Waals surface area contributed by atoms with Gasteiger partial charge in [0.15, 0.2) is 0 Å². The fraction of sp³-hybridized carbons (Fsp3) is 0.0909. The first-order chi connectivity index (χ1) is 7.70. The van der Waals surface area contributed by atoms with Crippen LogP contribution >= 0.6 is 0 Å². The molecule has 0 spiro atoms. The third-order valence-corrected chi connectivity index (χ3v) is 2.02. The van der Waals surface area contributed by atoms with Crippen LogP contribution in [0.5, 0.6) is 0 Å². The smallest absolute Gasteiger partial charge is 0.341 e. The molecule has 0 aliphatic rings. The van der Waals surface area contributed by atoms with E-state index < -0.39 is 11.8 Å². The Hall–Kier alpha value is -2.17. The van der Waals surface area contributed by atoms with Crippen LogP contribution in [0.2, 0.25) is 0 Å². The maximum atomic E-state index is 12.9. The van der Waals surface area contributed by atoms with Crippen molar-refractivity contribution in [3.63, 3.8) is 0 Å². The zero-order valence-corrected chi connectivity index (χ0v) is 8.48. The molecule has 0 unspecified atom stereocenters. The van der Waals surface area contributed by atoms with Gasteiger partial charge < -0.3 is 4.74 Å². The van der Waals surface area contributed by atoms with Crippen molar-refractivity contribution >= 4 is 5.97 Å². The van der Waals surface area contributed by atoms with Crippen LogP contribution in [0.1, 0.15) is 10.4 Å². The summed E-state index contributed by atoms with van der Waals surface area (Å²) in [4.78, 5) is 11.2. The van der Waals surface area contributed by atoms with Gasteiger partial charge in [0.2, 0.25) is 0 Å². The van der Waals surface area contributed by atoms with E-state index in [4.69, 9.17) is 0 Å². The molecule has 0 saturated carbocycles. The first-order valence-corrected chi connectivity index (χ1v) is 4.51. The maximum absolute atomic E-state index is 12.9. The maximum Gasteiger partial charge on any atom is 0.341 e. The van der Waals surface area contributed by atoms with Crippen molar-refractivity contribution in [3.8, 4) is 5.69 Å². The van der Waals surface area contributed by atoms with Gasteiger partial charge in [0.05, 0.1) is 24.6 Å². The van der Waals surface area contributed by atoms with Gasteiger partial charge in [-0.15, -0.1) is 0 Å². The Balaban J connectivity index is 2.35.